The molecule has 7 rings (SSSR count). The number of benzene rings is 3. The molecule has 2 fully saturated rings. The number of likely N-dealkylation sites (tertiary alicyclic amines) is 1. The van der Waals surface area contributed by atoms with Gasteiger partial charge >= 0.3 is 6.09 Å². The highest BCUT2D eigenvalue weighted by atomic mass is 32.2. The number of fused-ring (bicyclic) bond motifs is 2. The molecule has 4 aromatic rings. The first-order valence-corrected chi connectivity index (χ1v) is 18.0. The molecular weight excluding hydrogens is 619 g/mol. The average molecular weight is 662 g/mol. The monoisotopic (exact) mass is 661 g/mol. The molecule has 3 aromatic carbocycles. The molecule has 3 aliphatic heterocycles. The first-order valence-electron chi connectivity index (χ1n) is 17.0. The molecule has 0 saturated carbocycles. The lowest BCUT2D eigenvalue weighted by molar-refractivity contribution is 0.0767. The van der Waals surface area contributed by atoms with E-state index in [2.05, 4.69) is 71.1 Å². The van der Waals surface area contributed by atoms with Gasteiger partial charge in [-0.05, 0) is 62.4 Å². The Labute approximate surface area is 287 Å². The third kappa shape index (κ3) is 6.80. The maximum Gasteiger partial charge on any atom is 0.410 e. The van der Waals surface area contributed by atoms with E-state index in [9.17, 15) is 10.1 Å². The van der Waals surface area contributed by atoms with E-state index in [1.807, 2.05) is 30.3 Å². The summed E-state index contributed by atoms with van der Waals surface area (Å²) in [4.78, 5) is 32.6. The first-order chi connectivity index (χ1) is 23.5. The van der Waals surface area contributed by atoms with Crippen LogP contribution in [0, 0.1) is 18.3 Å². The number of nitrogens with zero attached hydrogens (tertiary/aromatic N) is 7. The van der Waals surface area contributed by atoms with Gasteiger partial charge in [0.05, 0.1) is 30.8 Å². The van der Waals surface area contributed by atoms with Crippen molar-refractivity contribution in [3.8, 4) is 6.07 Å². The molecule has 0 aliphatic carbocycles. The summed E-state index contributed by atoms with van der Waals surface area (Å²) in [5.41, 5.74) is 5.71. The Hall–Kier alpha value is -4.33. The van der Waals surface area contributed by atoms with Gasteiger partial charge in [-0.1, -0.05) is 72.4 Å². The number of aromatic nitrogens is 2. The molecule has 2 atom stereocenters. The highest BCUT2D eigenvalue weighted by molar-refractivity contribution is 7.99. The topological polar surface area (TPSA) is 88.8 Å². The average Bonchev–Trinajstić information content (AvgIpc) is 3.53. The van der Waals surface area contributed by atoms with E-state index < -0.39 is 0 Å². The SMILES string of the molecule is Cc1cccc2cccc(N3CCc4c(nc(SC[C@@H]5CCCN5C)nc4N4CCN(C(=O)OCc5ccccc5)[C@@H](CC#N)C4)C3)c12. The van der Waals surface area contributed by atoms with Crippen LogP contribution in [0.2, 0.25) is 0 Å². The van der Waals surface area contributed by atoms with Gasteiger partial charge in [0, 0.05) is 54.6 Å². The minimum Gasteiger partial charge on any atom is -0.445 e. The normalized spacial score (nSPS) is 19.7. The number of anilines is 2. The highest BCUT2D eigenvalue weighted by Gasteiger charge is 2.35. The van der Waals surface area contributed by atoms with Gasteiger partial charge < -0.3 is 24.3 Å². The third-order valence-corrected chi connectivity index (χ3v) is 11.1. The van der Waals surface area contributed by atoms with Gasteiger partial charge in [0.1, 0.15) is 12.4 Å². The minimum absolute atomic E-state index is 0.210. The van der Waals surface area contributed by atoms with Crippen LogP contribution in [0.5, 0.6) is 0 Å². The number of ether oxygens (including phenoxy) is 1. The predicted molar refractivity (Wildman–Crippen MR) is 191 cm³/mol. The van der Waals surface area contributed by atoms with Crippen molar-refractivity contribution in [3.05, 3.63) is 89.1 Å². The zero-order valence-electron chi connectivity index (χ0n) is 27.8. The van der Waals surface area contributed by atoms with Crippen LogP contribution in [0.15, 0.2) is 71.9 Å². The molecule has 3 aliphatic rings. The van der Waals surface area contributed by atoms with Crippen molar-refractivity contribution in [2.45, 2.75) is 63.0 Å². The summed E-state index contributed by atoms with van der Waals surface area (Å²) in [5, 5.41) is 13.1. The molecule has 48 heavy (non-hydrogen) atoms. The van der Waals surface area contributed by atoms with Gasteiger partial charge in [-0.15, -0.1) is 0 Å². The smallest absolute Gasteiger partial charge is 0.410 e. The lowest BCUT2D eigenvalue weighted by Crippen LogP contribution is -2.55. The number of amides is 1. The summed E-state index contributed by atoms with van der Waals surface area (Å²) in [6.45, 7) is 6.73. The van der Waals surface area contributed by atoms with Crippen molar-refractivity contribution in [1.82, 2.24) is 19.8 Å². The van der Waals surface area contributed by atoms with E-state index in [1.165, 1.54) is 40.4 Å². The van der Waals surface area contributed by atoms with E-state index in [0.717, 1.165) is 47.5 Å². The van der Waals surface area contributed by atoms with E-state index in [1.54, 1.807) is 16.7 Å². The second-order valence-electron chi connectivity index (χ2n) is 13.2. The fourth-order valence-corrected chi connectivity index (χ4v) is 8.51. The van der Waals surface area contributed by atoms with Crippen LogP contribution >= 0.6 is 11.8 Å². The number of nitriles is 1. The van der Waals surface area contributed by atoms with Crippen LogP contribution in [0.1, 0.15) is 41.6 Å². The maximum absolute atomic E-state index is 13.2. The molecule has 9 nitrogen and oxygen atoms in total. The van der Waals surface area contributed by atoms with Crippen LogP contribution in [0.3, 0.4) is 0 Å². The summed E-state index contributed by atoms with van der Waals surface area (Å²) in [5.74, 6) is 1.91. The number of piperazine rings is 1. The Balaban J connectivity index is 1.16. The first kappa shape index (κ1) is 32.2. The van der Waals surface area contributed by atoms with Gasteiger partial charge in [-0.2, -0.15) is 5.26 Å². The second-order valence-corrected chi connectivity index (χ2v) is 14.1. The molecule has 0 spiro atoms. The van der Waals surface area contributed by atoms with Crippen molar-refractivity contribution in [2.24, 2.45) is 0 Å². The Morgan fingerprint density at radius 1 is 0.979 bits per heavy atom. The van der Waals surface area contributed by atoms with Gasteiger partial charge in [0.2, 0.25) is 0 Å². The maximum atomic E-state index is 13.2. The Morgan fingerprint density at radius 3 is 2.60 bits per heavy atom. The molecule has 1 aromatic heterocycles. The van der Waals surface area contributed by atoms with Gasteiger partial charge in [0.15, 0.2) is 5.16 Å². The fraction of sp³-hybridized carbons (Fsp3) is 0.421. The number of carbonyl (C=O) groups is 1. The standard InChI is InChI=1S/C38H43N7O2S/c1-27-9-6-12-29-13-7-15-34(35(27)29)43-20-17-32-33(24-43)40-37(48-26-31-14-8-19-42(31)2)41-36(32)44-21-22-45(30(23-44)16-18-39)38(46)47-25-28-10-4-3-5-11-28/h3-7,9-13,15,30-31H,8,14,16-17,19-26H2,1-2H3/t30-,31-/m0/s1. The van der Waals surface area contributed by atoms with Gasteiger partial charge in [0.25, 0.3) is 0 Å². The summed E-state index contributed by atoms with van der Waals surface area (Å²) >= 11 is 1.75. The molecular formula is C38H43N7O2S. The lowest BCUT2D eigenvalue weighted by Gasteiger charge is -2.42. The summed E-state index contributed by atoms with van der Waals surface area (Å²) in [6, 6.07) is 25.3. The Kier molecular flexibility index (Phi) is 9.68. The van der Waals surface area contributed by atoms with Crippen LogP contribution in [-0.4, -0.2) is 83.5 Å². The van der Waals surface area contributed by atoms with Gasteiger partial charge in [-0.25, -0.2) is 14.8 Å². The number of rotatable bonds is 8. The zero-order valence-corrected chi connectivity index (χ0v) is 28.7. The molecule has 1 amide bonds. The fourth-order valence-electron chi connectivity index (χ4n) is 7.42. The number of hydrogen-bond donors (Lipinski definition) is 0. The molecule has 248 valence electrons. The lowest BCUT2D eigenvalue weighted by atomic mass is 9.99. The number of thioether (sulfide) groups is 1. The molecule has 2 saturated heterocycles. The van der Waals surface area contributed by atoms with Crippen LogP contribution < -0.4 is 9.80 Å². The van der Waals surface area contributed by atoms with Crippen molar-refractivity contribution in [1.29, 1.82) is 5.26 Å². The Morgan fingerprint density at radius 2 is 1.81 bits per heavy atom. The van der Waals surface area contributed by atoms with Crippen molar-refractivity contribution in [3.63, 3.8) is 0 Å². The number of hydrogen-bond acceptors (Lipinski definition) is 9. The summed E-state index contributed by atoms with van der Waals surface area (Å²) in [6.07, 6.45) is 3.12. The quantitative estimate of drug-likeness (QED) is 0.157. The van der Waals surface area contributed by atoms with E-state index in [-0.39, 0.29) is 25.2 Å². The summed E-state index contributed by atoms with van der Waals surface area (Å²) < 4.78 is 5.70. The third-order valence-electron chi connectivity index (χ3n) is 10.1. The summed E-state index contributed by atoms with van der Waals surface area (Å²) in [7, 11) is 2.21. The predicted octanol–water partition coefficient (Wildman–Crippen LogP) is 6.43. The largest absolute Gasteiger partial charge is 0.445 e. The van der Waals surface area contributed by atoms with Gasteiger partial charge in [-0.3, -0.25) is 0 Å². The highest BCUT2D eigenvalue weighted by Crippen LogP contribution is 2.36. The van der Waals surface area contributed by atoms with Crippen LogP contribution in [-0.2, 0) is 24.3 Å². The molecule has 0 unspecified atom stereocenters. The van der Waals surface area contributed by atoms with Crippen LogP contribution in [0.4, 0.5) is 16.3 Å². The van der Waals surface area contributed by atoms with E-state index >= 15 is 0 Å². The Bertz CT molecular complexity index is 1810. The molecule has 4 heterocycles. The number of carbonyl (C=O) groups excluding carboxylic acids is 1. The van der Waals surface area contributed by atoms with Crippen LogP contribution in [0.25, 0.3) is 10.8 Å². The van der Waals surface area contributed by atoms with Crippen molar-refractivity contribution in [2.75, 3.05) is 55.3 Å². The number of aryl methyl sites for hydroxylation is 1. The molecule has 0 N–H and O–H groups in total. The second kappa shape index (κ2) is 14.4. The molecule has 0 radical (unpaired) electrons. The van der Waals surface area contributed by atoms with E-state index in [4.69, 9.17) is 14.7 Å². The van der Waals surface area contributed by atoms with Crippen molar-refractivity contribution >= 4 is 40.1 Å². The zero-order chi connectivity index (χ0) is 33.0. The molecule has 10 heteroatoms. The van der Waals surface area contributed by atoms with Crippen molar-refractivity contribution < 1.29 is 9.53 Å². The molecule has 0 bridgehead atoms. The minimum atomic E-state index is -0.374. The van der Waals surface area contributed by atoms with E-state index in [0.29, 0.717) is 32.2 Å².